The number of carbonyl (C=O) groups excluding carboxylic acids is 2. The summed E-state index contributed by atoms with van der Waals surface area (Å²) in [5, 5.41) is 26.0. The molecular weight excluding hydrogens is 721 g/mol. The third kappa shape index (κ3) is 8.87. The van der Waals surface area contributed by atoms with Crippen LogP contribution in [0.15, 0.2) is 83.8 Å². The number of methoxy groups -OCH3 is 2. The predicted octanol–water partition coefficient (Wildman–Crippen LogP) is 8.63. The van der Waals surface area contributed by atoms with Crippen molar-refractivity contribution in [2.45, 2.75) is 89.3 Å². The molecule has 7 rings (SSSR count). The third-order valence-electron chi connectivity index (χ3n) is 11.9. The number of amides is 1. The van der Waals surface area contributed by atoms with Crippen LogP contribution in [0.4, 0.5) is 8.78 Å². The van der Waals surface area contributed by atoms with Crippen molar-refractivity contribution in [2.75, 3.05) is 27.3 Å². The maximum Gasteiger partial charge on any atom is 0.227 e. The highest BCUT2D eigenvalue weighted by Crippen LogP contribution is 2.59. The summed E-state index contributed by atoms with van der Waals surface area (Å²) in [6.07, 6.45) is 6.00. The van der Waals surface area contributed by atoms with Crippen molar-refractivity contribution >= 4 is 23.0 Å². The Kier molecular flexibility index (Phi) is 12.6. The van der Waals surface area contributed by atoms with Crippen molar-refractivity contribution in [1.82, 2.24) is 4.90 Å². The summed E-state index contributed by atoms with van der Waals surface area (Å²) in [6.45, 7) is 4.63. The Morgan fingerprint density at radius 3 is 2.49 bits per heavy atom. The SMILES string of the molecule is COc1ccc(CC(=O)N(CCc2cccs2)CC2(O)CCC3c4ccc(cc4C(=O)c4ccc(F)c(F)c4)CC(O)CCC(C)=CCCC32C)cc1OC. The van der Waals surface area contributed by atoms with Crippen LogP contribution in [0.2, 0.25) is 0 Å². The highest BCUT2D eigenvalue weighted by atomic mass is 32.1. The van der Waals surface area contributed by atoms with Gasteiger partial charge in [-0.25, -0.2) is 8.78 Å². The second-order valence-corrected chi connectivity index (χ2v) is 16.4. The van der Waals surface area contributed by atoms with Crippen LogP contribution in [0.3, 0.4) is 0 Å². The highest BCUT2D eigenvalue weighted by Gasteiger charge is 2.57. The molecule has 0 radical (unpaired) electrons. The van der Waals surface area contributed by atoms with Crippen LogP contribution < -0.4 is 9.47 Å². The van der Waals surface area contributed by atoms with Crippen molar-refractivity contribution < 1.29 is 38.1 Å². The Morgan fingerprint density at radius 2 is 1.76 bits per heavy atom. The van der Waals surface area contributed by atoms with Crippen LogP contribution in [0.5, 0.6) is 11.5 Å². The van der Waals surface area contributed by atoms with Crippen LogP contribution in [-0.2, 0) is 24.1 Å². The van der Waals surface area contributed by atoms with E-state index in [1.165, 1.54) is 6.07 Å². The molecule has 0 saturated heterocycles. The summed E-state index contributed by atoms with van der Waals surface area (Å²) in [5.74, 6) is -1.94. The van der Waals surface area contributed by atoms with Gasteiger partial charge in [-0.05, 0) is 129 Å². The monoisotopic (exact) mass is 771 g/mol. The van der Waals surface area contributed by atoms with Gasteiger partial charge in [0, 0.05) is 34.5 Å². The molecule has 1 fully saturated rings. The average Bonchev–Trinajstić information content (AvgIpc) is 3.78. The molecule has 7 nitrogen and oxygen atoms in total. The summed E-state index contributed by atoms with van der Waals surface area (Å²) in [4.78, 5) is 31.5. The molecule has 1 saturated carbocycles. The van der Waals surface area contributed by atoms with Crippen LogP contribution in [-0.4, -0.2) is 65.8 Å². The lowest BCUT2D eigenvalue weighted by atomic mass is 9.64. The number of ether oxygens (including phenoxy) is 2. The zero-order valence-electron chi connectivity index (χ0n) is 32.1. The molecule has 0 aliphatic heterocycles. The van der Waals surface area contributed by atoms with E-state index in [4.69, 9.17) is 9.47 Å². The number of hydrogen-bond donors (Lipinski definition) is 2. The first-order valence-electron chi connectivity index (χ1n) is 19.0. The number of aliphatic hydroxyl groups is 2. The molecule has 3 aliphatic rings. The minimum atomic E-state index is -1.34. The summed E-state index contributed by atoms with van der Waals surface area (Å²) < 4.78 is 39.3. The Labute approximate surface area is 326 Å². The smallest absolute Gasteiger partial charge is 0.227 e. The van der Waals surface area contributed by atoms with Crippen LogP contribution in [0, 0.1) is 17.0 Å². The number of thiophene rings is 1. The molecule has 1 amide bonds. The van der Waals surface area contributed by atoms with Gasteiger partial charge in [0.25, 0.3) is 0 Å². The molecule has 3 aliphatic carbocycles. The Morgan fingerprint density at radius 1 is 0.964 bits per heavy atom. The van der Waals surface area contributed by atoms with Gasteiger partial charge in [-0.1, -0.05) is 42.8 Å². The number of hydrogen-bond acceptors (Lipinski definition) is 7. The Bertz CT molecular complexity index is 2030. The van der Waals surface area contributed by atoms with Gasteiger partial charge in [-0.3, -0.25) is 9.59 Å². The number of ketones is 1. The molecule has 2 N–H and O–H groups in total. The molecule has 292 valence electrons. The van der Waals surface area contributed by atoms with E-state index in [1.807, 2.05) is 35.7 Å². The zero-order valence-corrected chi connectivity index (χ0v) is 32.9. The largest absolute Gasteiger partial charge is 0.493 e. The van der Waals surface area contributed by atoms with E-state index >= 15 is 0 Å². The zero-order chi connectivity index (χ0) is 39.3. The number of aliphatic hydroxyl groups excluding tert-OH is 1. The number of fused-ring (bicyclic) bond motifs is 8. The number of nitrogens with zero attached hydrogens (tertiary/aromatic N) is 1. The molecule has 4 aromatic rings. The summed E-state index contributed by atoms with van der Waals surface area (Å²) >= 11 is 1.63. The predicted molar refractivity (Wildman–Crippen MR) is 211 cm³/mol. The normalized spacial score (nSPS) is 22.7. The van der Waals surface area contributed by atoms with Crippen molar-refractivity contribution in [2.24, 2.45) is 5.41 Å². The highest BCUT2D eigenvalue weighted by molar-refractivity contribution is 7.09. The van der Waals surface area contributed by atoms with Gasteiger partial charge in [-0.15, -0.1) is 11.3 Å². The maximum absolute atomic E-state index is 14.5. The fourth-order valence-electron chi connectivity index (χ4n) is 8.57. The van der Waals surface area contributed by atoms with E-state index in [0.717, 1.165) is 33.7 Å². The molecule has 4 atom stereocenters. The van der Waals surface area contributed by atoms with Gasteiger partial charge in [-0.2, -0.15) is 0 Å². The van der Waals surface area contributed by atoms with Gasteiger partial charge in [0.15, 0.2) is 28.9 Å². The fraction of sp³-hybridized carbons (Fsp3) is 0.422. The van der Waals surface area contributed by atoms with Crippen molar-refractivity contribution in [1.29, 1.82) is 0 Å². The first kappa shape index (κ1) is 40.3. The van der Waals surface area contributed by atoms with Gasteiger partial charge in [0.05, 0.1) is 32.3 Å². The van der Waals surface area contributed by atoms with E-state index in [1.54, 1.807) is 48.7 Å². The molecule has 10 heteroatoms. The number of allylic oxidation sites excluding steroid dienone is 2. The molecule has 2 bridgehead atoms. The number of rotatable bonds is 11. The number of benzene rings is 3. The van der Waals surface area contributed by atoms with E-state index in [-0.39, 0.29) is 30.4 Å². The van der Waals surface area contributed by atoms with E-state index < -0.39 is 34.5 Å². The topological polar surface area (TPSA) is 96.3 Å². The van der Waals surface area contributed by atoms with Crippen molar-refractivity contribution in [3.8, 4) is 11.5 Å². The molecular formula is C45H51F2NO6S. The second kappa shape index (κ2) is 17.2. The van der Waals surface area contributed by atoms with Crippen LogP contribution in [0.25, 0.3) is 0 Å². The van der Waals surface area contributed by atoms with Crippen molar-refractivity contribution in [3.05, 3.63) is 128 Å². The molecule has 1 heterocycles. The average molecular weight is 772 g/mol. The minimum absolute atomic E-state index is 0.0213. The number of halogens is 2. The molecule has 1 aromatic heterocycles. The Hall–Kier alpha value is -4.38. The minimum Gasteiger partial charge on any atom is -0.493 e. The first-order valence-corrected chi connectivity index (χ1v) is 19.9. The summed E-state index contributed by atoms with van der Waals surface area (Å²) in [5.41, 5.74) is 1.62. The van der Waals surface area contributed by atoms with Crippen molar-refractivity contribution in [3.63, 3.8) is 0 Å². The van der Waals surface area contributed by atoms with E-state index in [2.05, 4.69) is 19.9 Å². The van der Waals surface area contributed by atoms with E-state index in [9.17, 15) is 28.6 Å². The maximum atomic E-state index is 14.5. The second-order valence-electron chi connectivity index (χ2n) is 15.4. The number of carbonyl (C=O) groups is 2. The Balaban J connectivity index is 1.40. The van der Waals surface area contributed by atoms with E-state index in [0.29, 0.717) is 80.5 Å². The van der Waals surface area contributed by atoms with Gasteiger partial charge in [0.2, 0.25) is 5.91 Å². The summed E-state index contributed by atoms with van der Waals surface area (Å²) in [7, 11) is 3.12. The molecule has 0 spiro atoms. The van der Waals surface area contributed by atoms with Gasteiger partial charge >= 0.3 is 0 Å². The fourth-order valence-corrected chi connectivity index (χ4v) is 9.27. The first-order chi connectivity index (χ1) is 26.3. The van der Waals surface area contributed by atoms with Crippen LogP contribution >= 0.6 is 11.3 Å². The molecule has 3 aromatic carbocycles. The standard InChI is InChI=1S/C45H51F2NO6S/c1-29-7-5-19-44(2)37(35-14-10-30(23-33(49)13-9-29)24-36(35)43(51)32-12-15-38(46)39(47)27-32)17-20-45(44,52)28-48(21-18-34-8-6-22-55-34)42(50)26-31-11-16-40(53-3)41(25-31)54-4/h6-8,10-12,14-16,22,24-25,27,33,37,49,52H,5,9,13,17-21,23,26,28H2,1-4H3. The lowest BCUT2D eigenvalue weighted by Gasteiger charge is -2.46. The summed E-state index contributed by atoms with van der Waals surface area (Å²) in [6, 6.07) is 18.2. The van der Waals surface area contributed by atoms with Crippen LogP contribution in [0.1, 0.15) is 95.8 Å². The van der Waals surface area contributed by atoms with Gasteiger partial charge < -0.3 is 24.6 Å². The lowest BCUT2D eigenvalue weighted by Crippen LogP contribution is -2.54. The quantitative estimate of drug-likeness (QED) is 0.117. The van der Waals surface area contributed by atoms with Gasteiger partial charge in [0.1, 0.15) is 0 Å². The molecule has 55 heavy (non-hydrogen) atoms. The molecule has 4 unspecified atom stereocenters. The third-order valence-corrected chi connectivity index (χ3v) is 12.9. The lowest BCUT2D eigenvalue weighted by molar-refractivity contribution is -0.139.